The van der Waals surface area contributed by atoms with Crippen molar-refractivity contribution in [1.82, 2.24) is 0 Å². The molecule has 1 amide bonds. The van der Waals surface area contributed by atoms with Gasteiger partial charge in [-0.1, -0.05) is 12.2 Å². The summed E-state index contributed by atoms with van der Waals surface area (Å²) in [6.07, 6.45) is 5.66. The highest BCUT2D eigenvalue weighted by atomic mass is 16.5. The first kappa shape index (κ1) is 7.53. The van der Waals surface area contributed by atoms with Crippen molar-refractivity contribution in [3.8, 4) is 0 Å². The van der Waals surface area contributed by atoms with Crippen molar-refractivity contribution in [1.29, 1.82) is 0 Å². The van der Waals surface area contributed by atoms with Crippen LogP contribution in [0.15, 0.2) is 24.5 Å². The van der Waals surface area contributed by atoms with Crippen molar-refractivity contribution < 1.29 is 14.3 Å². The van der Waals surface area contributed by atoms with Gasteiger partial charge in [0.05, 0.1) is 6.26 Å². The molecule has 1 aliphatic heterocycles. The second kappa shape index (κ2) is 3.01. The molecule has 1 unspecified atom stereocenters. The number of allylic oxidation sites excluding steroid dienone is 2. The summed E-state index contributed by atoms with van der Waals surface area (Å²) in [5, 5.41) is 0. The molecule has 0 fully saturated rings. The van der Waals surface area contributed by atoms with E-state index < -0.39 is 17.8 Å². The predicted octanol–water partition coefficient (Wildman–Crippen LogP) is -0.285. The summed E-state index contributed by atoms with van der Waals surface area (Å²) in [6.45, 7) is 0. The third-order valence-corrected chi connectivity index (χ3v) is 1.24. The fourth-order valence-corrected chi connectivity index (χ4v) is 0.690. The van der Waals surface area contributed by atoms with E-state index in [1.54, 1.807) is 6.08 Å². The average Bonchev–Trinajstić information content (AvgIpc) is 2.13. The van der Waals surface area contributed by atoms with Crippen LogP contribution in [0.3, 0.4) is 0 Å². The maximum atomic E-state index is 10.8. The molecule has 2 N–H and O–H groups in total. The zero-order valence-corrected chi connectivity index (χ0v) is 5.69. The highest BCUT2D eigenvalue weighted by molar-refractivity contribution is 5.99. The number of hydrogen-bond donors (Lipinski definition) is 1. The Balaban J connectivity index is 2.80. The Labute approximate surface area is 63.3 Å². The van der Waals surface area contributed by atoms with Gasteiger partial charge in [0.25, 0.3) is 0 Å². The first-order chi connectivity index (χ1) is 5.22. The van der Waals surface area contributed by atoms with E-state index in [0.29, 0.717) is 0 Å². The summed E-state index contributed by atoms with van der Waals surface area (Å²) in [5.41, 5.74) is 4.91. The summed E-state index contributed by atoms with van der Waals surface area (Å²) in [5.74, 6) is -2.29. The Kier molecular flexibility index (Phi) is 2.06. The van der Waals surface area contributed by atoms with Crippen LogP contribution in [-0.2, 0) is 14.3 Å². The van der Waals surface area contributed by atoms with Gasteiger partial charge in [0, 0.05) is 0 Å². The topological polar surface area (TPSA) is 69.4 Å². The van der Waals surface area contributed by atoms with Crippen LogP contribution in [0.1, 0.15) is 0 Å². The van der Waals surface area contributed by atoms with Gasteiger partial charge >= 0.3 is 5.97 Å². The Morgan fingerprint density at radius 3 is 2.91 bits per heavy atom. The highest BCUT2D eigenvalue weighted by Crippen LogP contribution is 2.05. The average molecular weight is 153 g/mol. The maximum Gasteiger partial charge on any atom is 0.327 e. The van der Waals surface area contributed by atoms with E-state index in [2.05, 4.69) is 4.74 Å². The number of carbonyl (C=O) groups is 2. The van der Waals surface area contributed by atoms with Crippen molar-refractivity contribution >= 4 is 11.9 Å². The van der Waals surface area contributed by atoms with Crippen LogP contribution in [-0.4, -0.2) is 11.9 Å². The van der Waals surface area contributed by atoms with Gasteiger partial charge in [0.2, 0.25) is 5.91 Å². The molecule has 0 saturated heterocycles. The molecule has 0 radical (unpaired) electrons. The first-order valence-corrected chi connectivity index (χ1v) is 3.05. The predicted molar refractivity (Wildman–Crippen MR) is 37.1 cm³/mol. The number of primary amides is 1. The molecule has 0 aromatic rings. The van der Waals surface area contributed by atoms with Crippen LogP contribution in [0.2, 0.25) is 0 Å². The number of carbonyl (C=O) groups excluding carboxylic acids is 2. The standard InChI is InChI=1S/C7H7NO3/c8-6(9)5-3-1-2-4-11-7(5)10/h1-5H,(H2,8,9). The normalized spacial score (nSPS) is 22.5. The molecule has 0 spiro atoms. The Bertz CT molecular complexity index is 242. The van der Waals surface area contributed by atoms with E-state index >= 15 is 0 Å². The van der Waals surface area contributed by atoms with Gasteiger partial charge in [-0.25, -0.2) is 0 Å². The van der Waals surface area contributed by atoms with E-state index in [4.69, 9.17) is 5.73 Å². The molecule has 0 bridgehead atoms. The number of rotatable bonds is 1. The lowest BCUT2D eigenvalue weighted by Crippen LogP contribution is -2.28. The van der Waals surface area contributed by atoms with Crippen LogP contribution < -0.4 is 5.73 Å². The van der Waals surface area contributed by atoms with E-state index in [9.17, 15) is 9.59 Å². The van der Waals surface area contributed by atoms with Crippen molar-refractivity contribution in [3.63, 3.8) is 0 Å². The van der Waals surface area contributed by atoms with E-state index in [1.165, 1.54) is 18.4 Å². The van der Waals surface area contributed by atoms with Crippen LogP contribution in [0.4, 0.5) is 0 Å². The summed E-state index contributed by atoms with van der Waals surface area (Å²) in [7, 11) is 0. The lowest BCUT2D eigenvalue weighted by molar-refractivity contribution is -0.144. The Morgan fingerprint density at radius 1 is 1.55 bits per heavy atom. The van der Waals surface area contributed by atoms with E-state index in [-0.39, 0.29) is 0 Å². The second-order valence-electron chi connectivity index (χ2n) is 2.03. The van der Waals surface area contributed by atoms with Crippen LogP contribution in [0.25, 0.3) is 0 Å². The number of nitrogens with two attached hydrogens (primary N) is 1. The van der Waals surface area contributed by atoms with E-state index in [1.807, 2.05) is 0 Å². The molecule has 0 saturated carbocycles. The maximum absolute atomic E-state index is 10.8. The Morgan fingerprint density at radius 2 is 2.27 bits per heavy atom. The van der Waals surface area contributed by atoms with Gasteiger partial charge in [0.1, 0.15) is 0 Å². The van der Waals surface area contributed by atoms with Gasteiger partial charge in [0.15, 0.2) is 5.92 Å². The fourth-order valence-electron chi connectivity index (χ4n) is 0.690. The molecule has 1 atom stereocenters. The van der Waals surface area contributed by atoms with Crippen LogP contribution in [0, 0.1) is 5.92 Å². The SMILES string of the molecule is NC(=O)C1C=CC=COC1=O. The van der Waals surface area contributed by atoms with Gasteiger partial charge in [-0.15, -0.1) is 0 Å². The summed E-state index contributed by atoms with van der Waals surface area (Å²) >= 11 is 0. The van der Waals surface area contributed by atoms with Gasteiger partial charge in [-0.3, -0.25) is 9.59 Å². The van der Waals surface area contributed by atoms with Crippen molar-refractivity contribution in [2.75, 3.05) is 0 Å². The van der Waals surface area contributed by atoms with Crippen molar-refractivity contribution in [3.05, 3.63) is 24.5 Å². The summed E-state index contributed by atoms with van der Waals surface area (Å²) in [6, 6.07) is 0. The zero-order chi connectivity index (χ0) is 8.27. The summed E-state index contributed by atoms with van der Waals surface area (Å²) < 4.78 is 4.49. The zero-order valence-electron chi connectivity index (χ0n) is 5.69. The lowest BCUT2D eigenvalue weighted by atomic mass is 10.1. The first-order valence-electron chi connectivity index (χ1n) is 3.05. The van der Waals surface area contributed by atoms with Crippen LogP contribution >= 0.6 is 0 Å². The van der Waals surface area contributed by atoms with E-state index in [0.717, 1.165) is 0 Å². The van der Waals surface area contributed by atoms with Crippen molar-refractivity contribution in [2.45, 2.75) is 0 Å². The molecule has 4 heteroatoms. The third-order valence-electron chi connectivity index (χ3n) is 1.24. The minimum absolute atomic E-state index is 0.637. The highest BCUT2D eigenvalue weighted by Gasteiger charge is 2.22. The fraction of sp³-hybridized carbons (Fsp3) is 0.143. The van der Waals surface area contributed by atoms with Gasteiger partial charge in [-0.05, 0) is 6.08 Å². The summed E-state index contributed by atoms with van der Waals surface area (Å²) in [4.78, 5) is 21.4. The number of esters is 1. The van der Waals surface area contributed by atoms with Crippen molar-refractivity contribution in [2.24, 2.45) is 11.7 Å². The Hall–Kier alpha value is -1.58. The molecular formula is C7H7NO3. The number of amides is 1. The molecule has 4 nitrogen and oxygen atoms in total. The number of hydrogen-bond acceptors (Lipinski definition) is 3. The van der Waals surface area contributed by atoms with Gasteiger partial charge in [-0.2, -0.15) is 0 Å². The largest absolute Gasteiger partial charge is 0.434 e. The smallest absolute Gasteiger partial charge is 0.327 e. The molecule has 1 heterocycles. The van der Waals surface area contributed by atoms with Gasteiger partial charge < -0.3 is 10.5 Å². The molecular weight excluding hydrogens is 146 g/mol. The molecule has 1 rings (SSSR count). The van der Waals surface area contributed by atoms with Crippen LogP contribution in [0.5, 0.6) is 0 Å². The number of cyclic esters (lactones) is 1. The molecule has 11 heavy (non-hydrogen) atoms. The quantitative estimate of drug-likeness (QED) is 0.416. The molecule has 0 aromatic carbocycles. The molecule has 1 aliphatic rings. The lowest BCUT2D eigenvalue weighted by Gasteiger charge is -2.02. The molecule has 0 aliphatic carbocycles. The monoisotopic (exact) mass is 153 g/mol. The minimum Gasteiger partial charge on any atom is -0.434 e. The molecule has 0 aromatic heterocycles. The molecule has 58 valence electrons. The minimum atomic E-state index is -0.954. The number of ether oxygens (including phenoxy) is 1. The second-order valence-corrected chi connectivity index (χ2v) is 2.03. The third kappa shape index (κ3) is 1.67.